The zero-order valence-corrected chi connectivity index (χ0v) is 14.7. The van der Waals surface area contributed by atoms with Gasteiger partial charge in [0.2, 0.25) is 10.3 Å². The van der Waals surface area contributed by atoms with Crippen LogP contribution in [0.3, 0.4) is 0 Å². The molecule has 6 heteroatoms. The minimum absolute atomic E-state index is 0.306. The van der Waals surface area contributed by atoms with Crippen molar-refractivity contribution in [3.63, 3.8) is 0 Å². The summed E-state index contributed by atoms with van der Waals surface area (Å²) in [5.74, 6) is -0.387. The molecule has 2 aliphatic carbocycles. The van der Waals surface area contributed by atoms with Crippen LogP contribution in [0, 0.1) is 5.92 Å². The van der Waals surface area contributed by atoms with Crippen LogP contribution >= 0.6 is 0 Å². The monoisotopic (exact) mass is 363 g/mol. The summed E-state index contributed by atoms with van der Waals surface area (Å²) in [7, 11) is -2.32. The lowest BCUT2D eigenvalue weighted by Gasteiger charge is -2.30. The topological polar surface area (TPSA) is 84.9 Å². The summed E-state index contributed by atoms with van der Waals surface area (Å²) in [6, 6.07) is 13.2. The summed E-state index contributed by atoms with van der Waals surface area (Å²) >= 11 is 0. The smallest absolute Gasteiger partial charge is 0.217 e. The predicted molar refractivity (Wildman–Crippen MR) is 104 cm³/mol. The number of fused-ring (bicyclic) bond motifs is 2. The van der Waals surface area contributed by atoms with Crippen molar-refractivity contribution in [3.8, 4) is 0 Å². The van der Waals surface area contributed by atoms with Crippen molar-refractivity contribution in [1.29, 1.82) is 0 Å². The molecule has 0 saturated carbocycles. The van der Waals surface area contributed by atoms with E-state index in [1.807, 2.05) is 54.6 Å². The first-order valence-corrected chi connectivity index (χ1v) is 9.40. The summed E-state index contributed by atoms with van der Waals surface area (Å²) < 4.78 is 23.3. The van der Waals surface area contributed by atoms with E-state index in [0.717, 1.165) is 22.0 Å². The molecular weight excluding hydrogens is 346 g/mol. The fraction of sp³-hybridized carbons (Fsp3) is 0.150. The molecule has 2 unspecified atom stereocenters. The second kappa shape index (κ2) is 6.72. The number of rotatable bonds is 2. The number of azo groups is 1. The Morgan fingerprint density at radius 1 is 1.04 bits per heavy atom. The first kappa shape index (κ1) is 16.5. The zero-order valence-electron chi connectivity index (χ0n) is 13.9. The molecule has 0 radical (unpaired) electrons. The average molecular weight is 363 g/mol. The van der Waals surface area contributed by atoms with E-state index >= 15 is 0 Å². The van der Waals surface area contributed by atoms with E-state index in [-0.39, 0.29) is 5.92 Å². The van der Waals surface area contributed by atoms with Crippen LogP contribution in [0.5, 0.6) is 0 Å². The lowest BCUT2D eigenvalue weighted by molar-refractivity contribution is 0.604. The summed E-state index contributed by atoms with van der Waals surface area (Å²) in [6.07, 6.45) is 7.87. The highest BCUT2D eigenvalue weighted by molar-refractivity contribution is 7.73. The highest BCUT2D eigenvalue weighted by Crippen LogP contribution is 2.34. The van der Waals surface area contributed by atoms with Crippen LogP contribution in [0.4, 0.5) is 5.69 Å². The average Bonchev–Trinajstić information content (AvgIpc) is 2.66. The third-order valence-corrected chi connectivity index (χ3v) is 5.51. The molecule has 130 valence electrons. The molecule has 0 fully saturated rings. The Labute approximate surface area is 152 Å². The van der Waals surface area contributed by atoms with Crippen LogP contribution in [0.15, 0.2) is 88.3 Å². The molecule has 5 nitrogen and oxygen atoms in total. The molecular formula is C20H17N3O2S. The van der Waals surface area contributed by atoms with Gasteiger partial charge < -0.3 is 5.73 Å². The maximum absolute atomic E-state index is 11.7. The fourth-order valence-electron chi connectivity index (χ4n) is 3.46. The Balaban J connectivity index is 1.78. The molecule has 26 heavy (non-hydrogen) atoms. The molecule has 2 aliphatic rings. The van der Waals surface area contributed by atoms with Crippen molar-refractivity contribution in [1.82, 2.24) is 0 Å². The van der Waals surface area contributed by atoms with Gasteiger partial charge in [-0.3, -0.25) is 0 Å². The molecule has 2 atom stereocenters. The first-order valence-electron chi connectivity index (χ1n) is 8.32. The molecule has 0 aromatic heterocycles. The van der Waals surface area contributed by atoms with E-state index in [2.05, 4.69) is 10.2 Å². The van der Waals surface area contributed by atoms with E-state index in [4.69, 9.17) is 5.73 Å². The van der Waals surface area contributed by atoms with Crippen LogP contribution in [-0.2, 0) is 10.3 Å². The highest BCUT2D eigenvalue weighted by Gasteiger charge is 2.34. The summed E-state index contributed by atoms with van der Waals surface area (Å²) in [5.41, 5.74) is 8.39. The van der Waals surface area contributed by atoms with Crippen molar-refractivity contribution in [3.05, 3.63) is 78.0 Å². The SMILES string of the molecule is NC1=CC=C2CC=CC(=S(=O)=O)C2C1N=Nc1cccc2ccccc12. The number of allylic oxidation sites excluding steroid dienone is 4. The molecule has 0 saturated heterocycles. The number of hydrogen-bond acceptors (Lipinski definition) is 5. The van der Waals surface area contributed by atoms with Gasteiger partial charge >= 0.3 is 0 Å². The van der Waals surface area contributed by atoms with Gasteiger partial charge in [0.05, 0.1) is 16.5 Å². The fourth-order valence-corrected chi connectivity index (χ4v) is 4.16. The largest absolute Gasteiger partial charge is 0.400 e. The number of nitrogens with zero attached hydrogens (tertiary/aromatic N) is 2. The quantitative estimate of drug-likeness (QED) is 0.652. The van der Waals surface area contributed by atoms with Gasteiger partial charge in [0.1, 0.15) is 6.04 Å². The second-order valence-corrected chi connectivity index (χ2v) is 7.23. The molecule has 0 bridgehead atoms. The van der Waals surface area contributed by atoms with Gasteiger partial charge in [-0.25, -0.2) is 0 Å². The maximum atomic E-state index is 11.7. The summed E-state index contributed by atoms with van der Waals surface area (Å²) in [5, 5.41) is 11.0. The van der Waals surface area contributed by atoms with Crippen LogP contribution in [0.2, 0.25) is 0 Å². The van der Waals surface area contributed by atoms with E-state index in [0.29, 0.717) is 17.0 Å². The molecule has 2 N–H and O–H groups in total. The standard InChI is InChI=1S/C20H17N3O2S/c21-16-12-11-14-7-4-10-18(26(24)25)19(14)20(16)23-22-17-9-3-6-13-5-1-2-8-15(13)17/h1-6,8-12,19-20H,7,21H2. The van der Waals surface area contributed by atoms with Crippen LogP contribution < -0.4 is 5.73 Å². The van der Waals surface area contributed by atoms with E-state index in [1.54, 1.807) is 12.2 Å². The van der Waals surface area contributed by atoms with E-state index < -0.39 is 16.3 Å². The Hall–Kier alpha value is -2.99. The Kier molecular flexibility index (Phi) is 4.26. The summed E-state index contributed by atoms with van der Waals surface area (Å²) in [6.45, 7) is 0. The van der Waals surface area contributed by atoms with Gasteiger partial charge in [0, 0.05) is 11.1 Å². The predicted octanol–water partition coefficient (Wildman–Crippen LogP) is 3.70. The third-order valence-electron chi connectivity index (χ3n) is 4.74. The number of benzene rings is 2. The lowest BCUT2D eigenvalue weighted by atomic mass is 9.79. The molecule has 0 spiro atoms. The second-order valence-electron chi connectivity index (χ2n) is 6.29. The van der Waals surface area contributed by atoms with Crippen molar-refractivity contribution in [2.75, 3.05) is 0 Å². The third kappa shape index (κ3) is 2.88. The maximum Gasteiger partial charge on any atom is 0.217 e. The molecule has 0 amide bonds. The molecule has 0 heterocycles. The molecule has 2 aromatic carbocycles. The zero-order chi connectivity index (χ0) is 18.1. The lowest BCUT2D eigenvalue weighted by Crippen LogP contribution is -2.35. The van der Waals surface area contributed by atoms with Gasteiger partial charge in [-0.05, 0) is 30.0 Å². The van der Waals surface area contributed by atoms with Gasteiger partial charge in [0.25, 0.3) is 0 Å². The van der Waals surface area contributed by atoms with Crippen molar-refractivity contribution in [2.24, 2.45) is 21.9 Å². The minimum Gasteiger partial charge on any atom is -0.400 e. The van der Waals surface area contributed by atoms with E-state index in [9.17, 15) is 8.42 Å². The van der Waals surface area contributed by atoms with Crippen molar-refractivity contribution < 1.29 is 8.42 Å². The van der Waals surface area contributed by atoms with Crippen LogP contribution in [-0.4, -0.2) is 19.3 Å². The van der Waals surface area contributed by atoms with Crippen LogP contribution in [0.1, 0.15) is 6.42 Å². The van der Waals surface area contributed by atoms with Gasteiger partial charge in [-0.15, -0.1) is 0 Å². The molecule has 4 rings (SSSR count). The Bertz CT molecular complexity index is 1130. The van der Waals surface area contributed by atoms with Gasteiger partial charge in [-0.2, -0.15) is 18.6 Å². The van der Waals surface area contributed by atoms with Gasteiger partial charge in [-0.1, -0.05) is 54.1 Å². The normalized spacial score (nSPS) is 22.2. The Morgan fingerprint density at radius 3 is 2.69 bits per heavy atom. The van der Waals surface area contributed by atoms with Gasteiger partial charge in [0.15, 0.2) is 0 Å². The number of hydrogen-bond donors (Lipinski definition) is 1. The molecule has 2 aromatic rings. The van der Waals surface area contributed by atoms with Crippen molar-refractivity contribution >= 4 is 31.6 Å². The first-order chi connectivity index (χ1) is 12.6. The Morgan fingerprint density at radius 2 is 1.85 bits per heavy atom. The summed E-state index contributed by atoms with van der Waals surface area (Å²) in [4.78, 5) is 0.306. The molecule has 0 aliphatic heterocycles. The van der Waals surface area contributed by atoms with Crippen LogP contribution in [0.25, 0.3) is 10.8 Å². The highest BCUT2D eigenvalue weighted by atomic mass is 32.2. The van der Waals surface area contributed by atoms with Crippen molar-refractivity contribution in [2.45, 2.75) is 12.5 Å². The van der Waals surface area contributed by atoms with E-state index in [1.165, 1.54) is 0 Å². The number of nitrogens with two attached hydrogens (primary N) is 1. The minimum atomic E-state index is -2.32.